The predicted molar refractivity (Wildman–Crippen MR) is 165 cm³/mol. The molecule has 0 bridgehead atoms. The van der Waals surface area contributed by atoms with E-state index in [0.29, 0.717) is 54.4 Å². The molecule has 0 spiro atoms. The van der Waals surface area contributed by atoms with Crippen LogP contribution in [0.2, 0.25) is 5.02 Å². The molecule has 3 heterocycles. The number of nitrogens with one attached hydrogen (secondary N) is 1. The van der Waals surface area contributed by atoms with E-state index in [-0.39, 0.29) is 24.8 Å². The molecule has 12 nitrogen and oxygen atoms in total. The minimum atomic E-state index is -1.66. The van der Waals surface area contributed by atoms with Gasteiger partial charge in [-0.3, -0.25) is 4.79 Å². The molecule has 2 fully saturated rings. The van der Waals surface area contributed by atoms with Crippen molar-refractivity contribution in [3.8, 4) is 5.75 Å². The maximum Gasteiger partial charge on any atom is 0.227 e. The zero-order valence-electron chi connectivity index (χ0n) is 25.3. The molecule has 250 valence electrons. The van der Waals surface area contributed by atoms with Crippen molar-refractivity contribution in [3.05, 3.63) is 47.0 Å². The first kappa shape index (κ1) is 35.2. The number of amides is 1. The molecule has 2 aliphatic heterocycles. The van der Waals surface area contributed by atoms with Crippen LogP contribution in [0, 0.1) is 17.7 Å². The second-order valence-electron chi connectivity index (χ2n) is 12.0. The van der Waals surface area contributed by atoms with Crippen LogP contribution in [0.1, 0.15) is 37.7 Å². The Kier molecular flexibility index (Phi) is 13.5. The van der Waals surface area contributed by atoms with Crippen molar-refractivity contribution in [1.82, 2.24) is 20.2 Å². The summed E-state index contributed by atoms with van der Waals surface area (Å²) in [6, 6.07) is 4.65. The summed E-state index contributed by atoms with van der Waals surface area (Å²) < 4.78 is 20.5. The standard InChI is InChI=1S/C31H45ClFN5O7/c32-23-14-35-31(36-15-23)37-9-6-20(7-10-37)2-1-11-45-24-4-3-22(25(33)13-24)12-28(42)38-17-21(18-38)5-8-34-16-26(40)29(43)30(44)27(41)19-39/h3-4,13-15,20-21,26-27,29-30,34,39-41,43-44H,1-2,5-12,16-19H2/t26-,27+,29+,30+/m0/s1. The molecule has 0 aliphatic carbocycles. The SMILES string of the molecule is O=C(Cc1ccc(OCCCC2CCN(c3ncc(Cl)cn3)CC2)cc1F)N1CC(CCNC[C@H](O)[C@@H](O)[C@H](O)[C@H](O)CO)C1. The smallest absolute Gasteiger partial charge is 0.227 e. The van der Waals surface area contributed by atoms with Gasteiger partial charge in [0, 0.05) is 38.8 Å². The Bertz CT molecular complexity index is 1200. The second-order valence-corrected chi connectivity index (χ2v) is 12.4. The number of aliphatic hydroxyl groups is 5. The van der Waals surface area contributed by atoms with Gasteiger partial charge in [0.05, 0.1) is 43.2 Å². The molecule has 1 aromatic carbocycles. The summed E-state index contributed by atoms with van der Waals surface area (Å²) in [5.74, 6) is 1.41. The highest BCUT2D eigenvalue weighted by Crippen LogP contribution is 2.26. The molecule has 4 atom stereocenters. The number of likely N-dealkylation sites (tertiary alicyclic amines) is 1. The van der Waals surface area contributed by atoms with E-state index >= 15 is 0 Å². The Labute approximate surface area is 267 Å². The van der Waals surface area contributed by atoms with Crippen LogP contribution < -0.4 is 15.0 Å². The van der Waals surface area contributed by atoms with Crippen molar-refractivity contribution >= 4 is 23.5 Å². The van der Waals surface area contributed by atoms with Crippen molar-refractivity contribution < 1.29 is 39.5 Å². The molecule has 0 unspecified atom stereocenters. The van der Waals surface area contributed by atoms with Gasteiger partial charge in [-0.05, 0) is 62.1 Å². The van der Waals surface area contributed by atoms with Gasteiger partial charge in [-0.25, -0.2) is 14.4 Å². The molecule has 1 amide bonds. The minimum absolute atomic E-state index is 0.00781. The number of halogens is 2. The van der Waals surface area contributed by atoms with E-state index in [2.05, 4.69) is 20.2 Å². The number of rotatable bonds is 17. The van der Waals surface area contributed by atoms with Crippen LogP contribution in [0.3, 0.4) is 0 Å². The van der Waals surface area contributed by atoms with E-state index in [9.17, 15) is 29.6 Å². The number of aromatic nitrogens is 2. The predicted octanol–water partition coefficient (Wildman–Crippen LogP) is 0.761. The number of anilines is 1. The molecule has 1 aromatic heterocycles. The topological polar surface area (TPSA) is 172 Å². The van der Waals surface area contributed by atoms with Crippen molar-refractivity contribution in [2.45, 2.75) is 62.9 Å². The van der Waals surface area contributed by atoms with E-state index in [1.165, 1.54) is 6.07 Å². The number of hydrogen-bond donors (Lipinski definition) is 6. The van der Waals surface area contributed by atoms with Crippen LogP contribution in [-0.4, -0.2) is 123 Å². The van der Waals surface area contributed by atoms with Crippen LogP contribution >= 0.6 is 11.6 Å². The van der Waals surface area contributed by atoms with E-state index < -0.39 is 36.8 Å². The Balaban J connectivity index is 1.06. The molecule has 0 saturated carbocycles. The highest BCUT2D eigenvalue weighted by molar-refractivity contribution is 6.30. The van der Waals surface area contributed by atoms with E-state index in [1.54, 1.807) is 29.4 Å². The summed E-state index contributed by atoms with van der Waals surface area (Å²) in [5, 5.41) is 51.2. The molecule has 6 N–H and O–H groups in total. The number of carbonyl (C=O) groups is 1. The lowest BCUT2D eigenvalue weighted by atomic mass is 9.92. The van der Waals surface area contributed by atoms with Crippen molar-refractivity contribution in [1.29, 1.82) is 0 Å². The van der Waals surface area contributed by atoms with Gasteiger partial charge in [0.15, 0.2) is 0 Å². The third kappa shape index (κ3) is 10.4. The lowest BCUT2D eigenvalue weighted by Crippen LogP contribution is -2.52. The lowest BCUT2D eigenvalue weighted by Gasteiger charge is -2.39. The van der Waals surface area contributed by atoms with Crippen LogP contribution in [0.4, 0.5) is 10.3 Å². The van der Waals surface area contributed by atoms with Gasteiger partial charge in [-0.1, -0.05) is 17.7 Å². The zero-order valence-corrected chi connectivity index (χ0v) is 26.1. The number of nitrogens with zero attached hydrogens (tertiary/aromatic N) is 4. The first-order valence-electron chi connectivity index (χ1n) is 15.6. The van der Waals surface area contributed by atoms with Gasteiger partial charge in [-0.15, -0.1) is 0 Å². The van der Waals surface area contributed by atoms with Crippen LogP contribution in [0.25, 0.3) is 0 Å². The van der Waals surface area contributed by atoms with Crippen molar-refractivity contribution in [3.63, 3.8) is 0 Å². The molecule has 14 heteroatoms. The first-order valence-corrected chi connectivity index (χ1v) is 16.0. The van der Waals surface area contributed by atoms with Crippen LogP contribution in [0.5, 0.6) is 5.75 Å². The number of carbonyl (C=O) groups excluding carboxylic acids is 1. The second kappa shape index (κ2) is 17.3. The van der Waals surface area contributed by atoms with Crippen molar-refractivity contribution in [2.75, 3.05) is 57.4 Å². The fraction of sp³-hybridized carbons (Fsp3) is 0.645. The summed E-state index contributed by atoms with van der Waals surface area (Å²) in [4.78, 5) is 25.1. The summed E-state index contributed by atoms with van der Waals surface area (Å²) in [7, 11) is 0. The molecule has 4 rings (SSSR count). The molecule has 2 saturated heterocycles. The fourth-order valence-electron chi connectivity index (χ4n) is 5.68. The molecular formula is C31H45ClFN5O7. The van der Waals surface area contributed by atoms with E-state index in [1.807, 2.05) is 0 Å². The summed E-state index contributed by atoms with van der Waals surface area (Å²) >= 11 is 5.87. The van der Waals surface area contributed by atoms with Gasteiger partial charge in [-0.2, -0.15) is 0 Å². The largest absolute Gasteiger partial charge is 0.493 e. The van der Waals surface area contributed by atoms with Crippen LogP contribution in [0.15, 0.2) is 30.6 Å². The molecule has 45 heavy (non-hydrogen) atoms. The number of hydrogen-bond acceptors (Lipinski definition) is 11. The quantitative estimate of drug-likeness (QED) is 0.133. The number of ether oxygens (including phenoxy) is 1. The van der Waals surface area contributed by atoms with Crippen LogP contribution in [-0.2, 0) is 11.2 Å². The average Bonchev–Trinajstić information content (AvgIpc) is 3.02. The van der Waals surface area contributed by atoms with Gasteiger partial charge in [0.25, 0.3) is 0 Å². The number of piperidine rings is 1. The average molecular weight is 654 g/mol. The Morgan fingerprint density at radius 2 is 1.73 bits per heavy atom. The highest BCUT2D eigenvalue weighted by atomic mass is 35.5. The normalized spacial score (nSPS) is 18.7. The first-order chi connectivity index (χ1) is 21.6. The molecular weight excluding hydrogens is 609 g/mol. The monoisotopic (exact) mass is 653 g/mol. The molecule has 2 aliphatic rings. The van der Waals surface area contributed by atoms with E-state index in [4.69, 9.17) is 21.4 Å². The third-order valence-electron chi connectivity index (χ3n) is 8.61. The highest BCUT2D eigenvalue weighted by Gasteiger charge is 2.32. The maximum absolute atomic E-state index is 14.8. The zero-order chi connectivity index (χ0) is 32.3. The lowest BCUT2D eigenvalue weighted by molar-refractivity contribution is -0.136. The summed E-state index contributed by atoms with van der Waals surface area (Å²) in [6.07, 6.45) is 1.82. The molecule has 2 aromatic rings. The van der Waals surface area contributed by atoms with Gasteiger partial charge in [0.1, 0.15) is 29.9 Å². The third-order valence-corrected chi connectivity index (χ3v) is 8.81. The van der Waals surface area contributed by atoms with Crippen molar-refractivity contribution in [2.24, 2.45) is 11.8 Å². The number of benzene rings is 1. The minimum Gasteiger partial charge on any atom is -0.493 e. The Hall–Kier alpha value is -2.65. The van der Waals surface area contributed by atoms with E-state index in [0.717, 1.165) is 45.2 Å². The maximum atomic E-state index is 14.8. The Morgan fingerprint density at radius 3 is 2.40 bits per heavy atom. The molecule has 0 radical (unpaired) electrons. The fourth-order valence-corrected chi connectivity index (χ4v) is 5.78. The number of aliphatic hydroxyl groups excluding tert-OH is 5. The Morgan fingerprint density at radius 1 is 1.04 bits per heavy atom. The van der Waals surface area contributed by atoms with Gasteiger partial charge >= 0.3 is 0 Å². The summed E-state index contributed by atoms with van der Waals surface area (Å²) in [6.45, 7) is 3.20. The van der Waals surface area contributed by atoms with Gasteiger partial charge < -0.3 is 45.4 Å². The summed E-state index contributed by atoms with van der Waals surface area (Å²) in [5.41, 5.74) is 0.329. The van der Waals surface area contributed by atoms with Gasteiger partial charge in [0.2, 0.25) is 11.9 Å².